The van der Waals surface area contributed by atoms with Gasteiger partial charge in [0, 0.05) is 45.7 Å². The smallest absolute Gasteiger partial charge is 0.228 e. The number of aryl methyl sites for hydroxylation is 1. The van der Waals surface area contributed by atoms with Crippen LogP contribution in [-0.2, 0) is 16.1 Å². The number of carbonyl (C=O) groups excluding carboxylic acids is 2. The largest absolute Gasteiger partial charge is 0.342 e. The van der Waals surface area contributed by atoms with E-state index in [1.807, 2.05) is 9.80 Å². The minimum Gasteiger partial charge on any atom is -0.342 e. The van der Waals surface area contributed by atoms with E-state index < -0.39 is 0 Å². The SMILES string of the molecule is Cc1ccc(CN2CC(C(=O)N3C[C@H]4CNC[C@H]4C3)CC2=O)cc1. The Morgan fingerprint density at radius 3 is 2.46 bits per heavy atom. The quantitative estimate of drug-likeness (QED) is 0.902. The summed E-state index contributed by atoms with van der Waals surface area (Å²) in [6.45, 7) is 7.00. The second kappa shape index (κ2) is 6.20. The minimum absolute atomic E-state index is 0.106. The lowest BCUT2D eigenvalue weighted by Gasteiger charge is -2.22. The van der Waals surface area contributed by atoms with Gasteiger partial charge in [-0.3, -0.25) is 9.59 Å². The molecule has 1 aromatic rings. The van der Waals surface area contributed by atoms with Crippen LogP contribution < -0.4 is 5.32 Å². The molecule has 1 aromatic carbocycles. The van der Waals surface area contributed by atoms with Crippen LogP contribution >= 0.6 is 0 Å². The molecule has 0 aliphatic carbocycles. The Morgan fingerprint density at radius 1 is 1.12 bits per heavy atom. The van der Waals surface area contributed by atoms with Gasteiger partial charge >= 0.3 is 0 Å². The van der Waals surface area contributed by atoms with E-state index in [-0.39, 0.29) is 17.7 Å². The van der Waals surface area contributed by atoms with Crippen LogP contribution in [-0.4, -0.2) is 54.3 Å². The molecule has 3 fully saturated rings. The van der Waals surface area contributed by atoms with E-state index in [0.717, 1.165) is 31.7 Å². The van der Waals surface area contributed by atoms with Gasteiger partial charge < -0.3 is 15.1 Å². The molecule has 0 saturated carbocycles. The van der Waals surface area contributed by atoms with Crippen LogP contribution in [0.25, 0.3) is 0 Å². The normalized spacial score (nSPS) is 29.4. The van der Waals surface area contributed by atoms with Gasteiger partial charge in [-0.2, -0.15) is 0 Å². The van der Waals surface area contributed by atoms with Crippen LogP contribution in [0.5, 0.6) is 0 Å². The van der Waals surface area contributed by atoms with Crippen molar-refractivity contribution in [3.8, 4) is 0 Å². The van der Waals surface area contributed by atoms with Crippen LogP contribution in [0.2, 0.25) is 0 Å². The van der Waals surface area contributed by atoms with Crippen molar-refractivity contribution in [2.45, 2.75) is 19.9 Å². The molecule has 1 N–H and O–H groups in total. The molecule has 24 heavy (non-hydrogen) atoms. The zero-order valence-corrected chi connectivity index (χ0v) is 14.2. The summed E-state index contributed by atoms with van der Waals surface area (Å²) in [6.07, 6.45) is 0.370. The van der Waals surface area contributed by atoms with Crippen molar-refractivity contribution in [2.75, 3.05) is 32.7 Å². The molecule has 128 valence electrons. The van der Waals surface area contributed by atoms with E-state index in [4.69, 9.17) is 0 Å². The number of likely N-dealkylation sites (tertiary alicyclic amines) is 2. The molecule has 0 bridgehead atoms. The van der Waals surface area contributed by atoms with E-state index in [9.17, 15) is 9.59 Å². The topological polar surface area (TPSA) is 52.7 Å². The van der Waals surface area contributed by atoms with Crippen molar-refractivity contribution in [1.29, 1.82) is 0 Å². The molecule has 2 amide bonds. The summed E-state index contributed by atoms with van der Waals surface area (Å²) in [7, 11) is 0. The van der Waals surface area contributed by atoms with Gasteiger partial charge in [0.2, 0.25) is 11.8 Å². The molecule has 5 heteroatoms. The fourth-order valence-corrected chi connectivity index (χ4v) is 4.30. The summed E-state index contributed by atoms with van der Waals surface area (Å²) in [5.74, 6) is 1.35. The highest BCUT2D eigenvalue weighted by atomic mass is 16.2. The first-order chi connectivity index (χ1) is 11.6. The first-order valence-corrected chi connectivity index (χ1v) is 8.93. The highest BCUT2D eigenvalue weighted by Gasteiger charge is 2.42. The molecule has 5 nitrogen and oxygen atoms in total. The average molecular weight is 327 g/mol. The standard InChI is InChI=1S/C19H25N3O2/c1-13-2-4-14(5-3-13)9-21-10-15(6-18(21)23)19(24)22-11-16-7-20-8-17(16)12-22/h2-5,15-17,20H,6-12H2,1H3/t15?,16-,17+. The lowest BCUT2D eigenvalue weighted by atomic mass is 10.0. The summed E-state index contributed by atoms with van der Waals surface area (Å²) in [6, 6.07) is 8.25. The molecule has 0 spiro atoms. The molecule has 3 aliphatic heterocycles. The lowest BCUT2D eigenvalue weighted by Crippen LogP contribution is -2.37. The second-order valence-electron chi connectivity index (χ2n) is 7.58. The van der Waals surface area contributed by atoms with Crippen molar-refractivity contribution in [3.63, 3.8) is 0 Å². The van der Waals surface area contributed by atoms with E-state index in [0.29, 0.717) is 31.3 Å². The molecular formula is C19H25N3O2. The van der Waals surface area contributed by atoms with Crippen LogP contribution in [0.4, 0.5) is 0 Å². The summed E-state index contributed by atoms with van der Waals surface area (Å²) in [5, 5.41) is 3.40. The summed E-state index contributed by atoms with van der Waals surface area (Å²) >= 11 is 0. The maximum atomic E-state index is 12.8. The third kappa shape index (κ3) is 2.93. The van der Waals surface area contributed by atoms with Gasteiger partial charge in [-0.1, -0.05) is 29.8 Å². The Morgan fingerprint density at radius 2 is 1.79 bits per heavy atom. The van der Waals surface area contributed by atoms with Crippen LogP contribution in [0, 0.1) is 24.7 Å². The molecular weight excluding hydrogens is 302 g/mol. The van der Waals surface area contributed by atoms with E-state index >= 15 is 0 Å². The Bertz CT molecular complexity index is 631. The summed E-state index contributed by atoms with van der Waals surface area (Å²) in [5.41, 5.74) is 2.34. The van der Waals surface area contributed by atoms with Gasteiger partial charge in [0.1, 0.15) is 0 Å². The molecule has 3 saturated heterocycles. The van der Waals surface area contributed by atoms with Crippen molar-refractivity contribution in [2.24, 2.45) is 17.8 Å². The van der Waals surface area contributed by atoms with Crippen LogP contribution in [0.1, 0.15) is 17.5 Å². The molecule has 0 aromatic heterocycles. The third-order valence-corrected chi connectivity index (χ3v) is 5.76. The number of nitrogens with zero attached hydrogens (tertiary/aromatic N) is 2. The number of nitrogens with one attached hydrogen (secondary N) is 1. The first kappa shape index (κ1) is 15.6. The molecule has 0 radical (unpaired) electrons. The third-order valence-electron chi connectivity index (χ3n) is 5.76. The number of fused-ring (bicyclic) bond motifs is 1. The van der Waals surface area contributed by atoms with Gasteiger partial charge in [0.05, 0.1) is 5.92 Å². The van der Waals surface area contributed by atoms with Crippen molar-refractivity contribution < 1.29 is 9.59 Å². The van der Waals surface area contributed by atoms with Gasteiger partial charge in [-0.25, -0.2) is 0 Å². The van der Waals surface area contributed by atoms with Gasteiger partial charge in [0.25, 0.3) is 0 Å². The van der Waals surface area contributed by atoms with Crippen LogP contribution in [0.15, 0.2) is 24.3 Å². The number of carbonyl (C=O) groups is 2. The zero-order valence-electron chi connectivity index (χ0n) is 14.2. The van der Waals surface area contributed by atoms with Gasteiger partial charge in [-0.05, 0) is 24.3 Å². The predicted octanol–water partition coefficient (Wildman–Crippen LogP) is 1.02. The fourth-order valence-electron chi connectivity index (χ4n) is 4.30. The van der Waals surface area contributed by atoms with E-state index in [1.54, 1.807) is 0 Å². The number of rotatable bonds is 3. The van der Waals surface area contributed by atoms with E-state index in [2.05, 4.69) is 36.5 Å². The molecule has 4 rings (SSSR count). The number of amides is 2. The lowest BCUT2D eigenvalue weighted by molar-refractivity contribution is -0.135. The van der Waals surface area contributed by atoms with Crippen molar-refractivity contribution >= 4 is 11.8 Å². The molecule has 3 aliphatic rings. The molecule has 3 atom stereocenters. The van der Waals surface area contributed by atoms with Gasteiger partial charge in [-0.15, -0.1) is 0 Å². The van der Waals surface area contributed by atoms with E-state index in [1.165, 1.54) is 5.56 Å². The van der Waals surface area contributed by atoms with Crippen molar-refractivity contribution in [3.05, 3.63) is 35.4 Å². The number of hydrogen-bond acceptors (Lipinski definition) is 3. The minimum atomic E-state index is -0.158. The average Bonchev–Trinajstić information content (AvgIpc) is 3.24. The molecule has 3 heterocycles. The summed E-state index contributed by atoms with van der Waals surface area (Å²) < 4.78 is 0. The maximum absolute atomic E-state index is 12.8. The van der Waals surface area contributed by atoms with Gasteiger partial charge in [0.15, 0.2) is 0 Å². The Labute approximate surface area is 143 Å². The molecule has 1 unspecified atom stereocenters. The predicted molar refractivity (Wildman–Crippen MR) is 91.1 cm³/mol. The second-order valence-corrected chi connectivity index (χ2v) is 7.58. The highest BCUT2D eigenvalue weighted by Crippen LogP contribution is 2.30. The zero-order chi connectivity index (χ0) is 16.7. The maximum Gasteiger partial charge on any atom is 0.228 e. The Balaban J connectivity index is 1.37. The summed E-state index contributed by atoms with van der Waals surface area (Å²) in [4.78, 5) is 29.0. The Kier molecular flexibility index (Phi) is 4.04. The van der Waals surface area contributed by atoms with Crippen molar-refractivity contribution in [1.82, 2.24) is 15.1 Å². The highest BCUT2D eigenvalue weighted by molar-refractivity contribution is 5.89. The fraction of sp³-hybridized carbons (Fsp3) is 0.579. The van der Waals surface area contributed by atoms with Crippen LogP contribution in [0.3, 0.4) is 0 Å². The number of benzene rings is 1. The monoisotopic (exact) mass is 327 g/mol. The Hall–Kier alpha value is -1.88. The number of hydrogen-bond donors (Lipinski definition) is 1. The first-order valence-electron chi connectivity index (χ1n) is 8.93.